The third-order valence-corrected chi connectivity index (χ3v) is 0.715. The van der Waals surface area contributed by atoms with Crippen LogP contribution in [-0.2, 0) is 0 Å². The van der Waals surface area contributed by atoms with Crippen molar-refractivity contribution in [3.05, 3.63) is 11.8 Å². The zero-order valence-electron chi connectivity index (χ0n) is 3.16. The van der Waals surface area contributed by atoms with Gasteiger partial charge in [0.2, 0.25) is 0 Å². The number of rotatable bonds is 0. The molecular formula is C2H5N3S. The van der Waals surface area contributed by atoms with Crippen molar-refractivity contribution < 1.29 is 0 Å². The van der Waals surface area contributed by atoms with Crippen molar-refractivity contribution in [3.8, 4) is 0 Å². The minimum absolute atomic E-state index is 0. The highest BCUT2D eigenvalue weighted by molar-refractivity contribution is 7.03. The normalized spacial score (nSPS) is 6.67. The molecule has 0 aromatic carbocycles. The van der Waals surface area contributed by atoms with Crippen molar-refractivity contribution in [2.75, 3.05) is 0 Å². The Labute approximate surface area is 39.8 Å². The molecule has 3 nitrogen and oxygen atoms in total. The first kappa shape index (κ1) is 5.52. The first-order chi connectivity index (χ1) is 2.50. The number of aromatic nitrogens is 2. The topological polar surface area (TPSA) is 60.8 Å². The fourth-order valence-corrected chi connectivity index (χ4v) is 0.408. The Balaban J connectivity index is 0.000000250. The molecule has 1 heterocycles. The molecule has 1 aromatic rings. The van der Waals surface area contributed by atoms with E-state index in [2.05, 4.69) is 9.36 Å². The quantitative estimate of drug-likeness (QED) is 0.525. The minimum atomic E-state index is 0. The standard InChI is InChI=1S/C2H2N2S.H3N/c1-3-2-5-4-1;/h1-2H;1H3. The first-order valence-electron chi connectivity index (χ1n) is 1.19. The van der Waals surface area contributed by atoms with Gasteiger partial charge in [0.1, 0.15) is 11.8 Å². The van der Waals surface area contributed by atoms with Gasteiger partial charge in [-0.1, -0.05) is 0 Å². The van der Waals surface area contributed by atoms with Gasteiger partial charge in [-0.3, -0.25) is 0 Å². The van der Waals surface area contributed by atoms with E-state index in [1.165, 1.54) is 17.9 Å². The van der Waals surface area contributed by atoms with E-state index in [1.54, 1.807) is 5.51 Å². The molecule has 0 atom stereocenters. The van der Waals surface area contributed by atoms with E-state index in [4.69, 9.17) is 0 Å². The van der Waals surface area contributed by atoms with Gasteiger partial charge < -0.3 is 6.15 Å². The molecule has 4 heteroatoms. The van der Waals surface area contributed by atoms with Crippen molar-refractivity contribution in [2.24, 2.45) is 0 Å². The van der Waals surface area contributed by atoms with Crippen LogP contribution in [0.25, 0.3) is 0 Å². The van der Waals surface area contributed by atoms with E-state index in [0.717, 1.165) is 0 Å². The molecule has 0 saturated heterocycles. The van der Waals surface area contributed by atoms with Crippen LogP contribution in [0.4, 0.5) is 0 Å². The lowest BCUT2D eigenvalue weighted by molar-refractivity contribution is 1.33. The molecule has 0 radical (unpaired) electrons. The molecular weight excluding hydrogens is 98.1 g/mol. The van der Waals surface area contributed by atoms with E-state index in [1.807, 2.05) is 0 Å². The molecule has 3 N–H and O–H groups in total. The van der Waals surface area contributed by atoms with Crippen molar-refractivity contribution in [1.82, 2.24) is 15.5 Å². The summed E-state index contributed by atoms with van der Waals surface area (Å²) < 4.78 is 3.65. The van der Waals surface area contributed by atoms with Crippen molar-refractivity contribution >= 4 is 11.5 Å². The third kappa shape index (κ3) is 1.09. The molecule has 1 aromatic heterocycles. The number of hydrogen-bond donors (Lipinski definition) is 1. The van der Waals surface area contributed by atoms with Gasteiger partial charge in [0, 0.05) is 0 Å². The molecule has 0 aliphatic heterocycles. The van der Waals surface area contributed by atoms with Gasteiger partial charge in [-0.15, -0.1) is 0 Å². The average Bonchev–Trinajstić information content (AvgIpc) is 1.76. The lowest BCUT2D eigenvalue weighted by atomic mass is 11.4. The lowest BCUT2D eigenvalue weighted by Crippen LogP contribution is -1.43. The number of nitrogens with zero attached hydrogens (tertiary/aromatic N) is 2. The summed E-state index contributed by atoms with van der Waals surface area (Å²) in [5.74, 6) is 0. The Morgan fingerprint density at radius 3 is 2.50 bits per heavy atom. The molecule has 34 valence electrons. The molecule has 0 fully saturated rings. The van der Waals surface area contributed by atoms with Gasteiger partial charge in [0.25, 0.3) is 0 Å². The molecule has 0 saturated carbocycles. The first-order valence-corrected chi connectivity index (χ1v) is 2.03. The highest BCUT2D eigenvalue weighted by Gasteiger charge is 1.60. The summed E-state index contributed by atoms with van der Waals surface area (Å²) in [5.41, 5.74) is 1.68. The van der Waals surface area contributed by atoms with E-state index < -0.39 is 0 Å². The molecule has 0 aliphatic carbocycles. The predicted octanol–water partition coefficient (Wildman–Crippen LogP) is 0.700. The van der Waals surface area contributed by atoms with Crippen LogP contribution < -0.4 is 6.15 Å². The van der Waals surface area contributed by atoms with Gasteiger partial charge in [-0.2, -0.15) is 4.37 Å². The Morgan fingerprint density at radius 1 is 1.50 bits per heavy atom. The molecule has 0 unspecified atom stereocenters. The zero-order chi connectivity index (χ0) is 3.54. The summed E-state index contributed by atoms with van der Waals surface area (Å²) in [5, 5.41) is 0. The summed E-state index contributed by atoms with van der Waals surface area (Å²) in [4.78, 5) is 3.63. The largest absolute Gasteiger partial charge is 0.344 e. The van der Waals surface area contributed by atoms with Crippen LogP contribution in [0.15, 0.2) is 11.8 Å². The van der Waals surface area contributed by atoms with Gasteiger partial charge in [0.05, 0.1) is 0 Å². The zero-order valence-corrected chi connectivity index (χ0v) is 3.98. The fraction of sp³-hybridized carbons (Fsp3) is 0. The maximum absolute atomic E-state index is 3.65. The van der Waals surface area contributed by atoms with Crippen LogP contribution in [0.2, 0.25) is 0 Å². The Bertz CT molecular complexity index is 65.3. The number of hydrogen-bond acceptors (Lipinski definition) is 4. The summed E-state index contributed by atoms with van der Waals surface area (Å²) in [6, 6.07) is 0. The summed E-state index contributed by atoms with van der Waals surface area (Å²) in [6.07, 6.45) is 1.52. The molecule has 0 spiro atoms. The smallest absolute Gasteiger partial charge is 0.129 e. The van der Waals surface area contributed by atoms with Gasteiger partial charge >= 0.3 is 0 Å². The minimum Gasteiger partial charge on any atom is -0.344 e. The highest BCUT2D eigenvalue weighted by Crippen LogP contribution is 1.77. The van der Waals surface area contributed by atoms with Gasteiger partial charge in [-0.25, -0.2) is 4.98 Å². The molecule has 0 bridgehead atoms. The maximum atomic E-state index is 3.65. The van der Waals surface area contributed by atoms with E-state index in [9.17, 15) is 0 Å². The summed E-state index contributed by atoms with van der Waals surface area (Å²) >= 11 is 1.35. The second-order valence-electron chi connectivity index (χ2n) is 0.581. The van der Waals surface area contributed by atoms with E-state index >= 15 is 0 Å². The molecule has 1 rings (SSSR count). The Hall–Kier alpha value is -0.480. The summed E-state index contributed by atoms with van der Waals surface area (Å²) in [7, 11) is 0. The summed E-state index contributed by atoms with van der Waals surface area (Å²) in [6.45, 7) is 0. The van der Waals surface area contributed by atoms with Crippen molar-refractivity contribution in [2.45, 2.75) is 0 Å². The van der Waals surface area contributed by atoms with Crippen LogP contribution in [0, 0.1) is 0 Å². The fourth-order valence-electron chi connectivity index (χ4n) is 0.136. The van der Waals surface area contributed by atoms with Crippen molar-refractivity contribution in [1.29, 1.82) is 0 Å². The maximum Gasteiger partial charge on any atom is 0.129 e. The van der Waals surface area contributed by atoms with E-state index in [-0.39, 0.29) is 6.15 Å². The second-order valence-corrected chi connectivity index (χ2v) is 1.21. The SMILES string of the molecule is N.c1ncsn1. The molecule has 0 amide bonds. The average molecular weight is 103 g/mol. The van der Waals surface area contributed by atoms with Crippen LogP contribution in [0.3, 0.4) is 0 Å². The van der Waals surface area contributed by atoms with Crippen LogP contribution in [0.1, 0.15) is 0 Å². The lowest BCUT2D eigenvalue weighted by Gasteiger charge is -1.38. The van der Waals surface area contributed by atoms with E-state index in [0.29, 0.717) is 0 Å². The van der Waals surface area contributed by atoms with Crippen LogP contribution in [0.5, 0.6) is 0 Å². The Morgan fingerprint density at radius 2 is 2.33 bits per heavy atom. The van der Waals surface area contributed by atoms with Crippen molar-refractivity contribution in [3.63, 3.8) is 0 Å². The van der Waals surface area contributed by atoms with Gasteiger partial charge in [0.15, 0.2) is 0 Å². The third-order valence-electron chi connectivity index (χ3n) is 0.283. The Kier molecular flexibility index (Phi) is 2.52. The second kappa shape index (κ2) is 2.74. The molecule has 6 heavy (non-hydrogen) atoms. The predicted molar refractivity (Wildman–Crippen MR) is 24.9 cm³/mol. The highest BCUT2D eigenvalue weighted by atomic mass is 32.1. The van der Waals surface area contributed by atoms with Gasteiger partial charge in [-0.05, 0) is 11.5 Å². The van der Waals surface area contributed by atoms with Crippen LogP contribution in [-0.4, -0.2) is 9.36 Å². The monoisotopic (exact) mass is 103 g/mol. The van der Waals surface area contributed by atoms with Crippen LogP contribution >= 0.6 is 11.5 Å². The molecule has 0 aliphatic rings.